The highest BCUT2D eigenvalue weighted by molar-refractivity contribution is 8.00. The summed E-state index contributed by atoms with van der Waals surface area (Å²) in [6, 6.07) is -0.795. The van der Waals surface area contributed by atoms with Crippen molar-refractivity contribution < 1.29 is 29.0 Å². The smallest absolute Gasteiger partial charge is 0.410 e. The van der Waals surface area contributed by atoms with E-state index in [1.54, 1.807) is 15.9 Å². The molecular formula is C21H28N4O6S. The summed E-state index contributed by atoms with van der Waals surface area (Å²) in [6.07, 6.45) is 2.38. The molecule has 10 nitrogen and oxygen atoms in total. The van der Waals surface area contributed by atoms with Gasteiger partial charge >= 0.3 is 12.1 Å². The third-order valence-corrected chi connectivity index (χ3v) is 7.33. The number of hydrogen-bond donors (Lipinski definition) is 2. The van der Waals surface area contributed by atoms with E-state index >= 15 is 0 Å². The molecule has 174 valence electrons. The first-order valence-electron chi connectivity index (χ1n) is 10.6. The van der Waals surface area contributed by atoms with Crippen molar-refractivity contribution in [1.82, 2.24) is 14.7 Å². The Labute approximate surface area is 190 Å². The zero-order valence-electron chi connectivity index (χ0n) is 18.4. The van der Waals surface area contributed by atoms with Crippen molar-refractivity contribution in [3.8, 4) is 0 Å². The number of carbonyl (C=O) groups excluding carboxylic acids is 3. The minimum Gasteiger partial charge on any atom is -0.477 e. The molecule has 4 heterocycles. The Morgan fingerprint density at radius 3 is 2.62 bits per heavy atom. The van der Waals surface area contributed by atoms with Crippen molar-refractivity contribution in [2.45, 2.75) is 56.7 Å². The first-order chi connectivity index (χ1) is 15.0. The maximum absolute atomic E-state index is 13.1. The van der Waals surface area contributed by atoms with Gasteiger partial charge in [0, 0.05) is 31.0 Å². The highest BCUT2D eigenvalue weighted by Gasteiger charge is 2.51. The highest BCUT2D eigenvalue weighted by atomic mass is 32.2. The summed E-state index contributed by atoms with van der Waals surface area (Å²) in [6.45, 7) is 6.88. The van der Waals surface area contributed by atoms with E-state index in [2.05, 4.69) is 0 Å². The largest absolute Gasteiger partial charge is 0.477 e. The molecule has 4 aliphatic rings. The van der Waals surface area contributed by atoms with Crippen molar-refractivity contribution in [3.05, 3.63) is 22.9 Å². The van der Waals surface area contributed by atoms with Crippen LogP contribution in [0.15, 0.2) is 22.9 Å². The zero-order valence-corrected chi connectivity index (χ0v) is 19.2. The van der Waals surface area contributed by atoms with Crippen LogP contribution >= 0.6 is 11.8 Å². The van der Waals surface area contributed by atoms with E-state index in [1.807, 2.05) is 20.8 Å². The molecule has 4 rings (SSSR count). The molecule has 3 saturated heterocycles. The van der Waals surface area contributed by atoms with Gasteiger partial charge in [0.1, 0.15) is 22.7 Å². The number of allylic oxidation sites excluding steroid dienone is 1. The molecule has 0 bridgehead atoms. The van der Waals surface area contributed by atoms with E-state index in [4.69, 9.17) is 10.5 Å². The SMILES string of the molecule is CC(C)(C)OC(=O)N1CC[C@@H](N2CCC(=CC3=C(C(=O)O)N4C(=O)[C@@H](N)[C@H]4SC3)C2=O)C1. The maximum atomic E-state index is 13.1. The molecule has 4 aliphatic heterocycles. The van der Waals surface area contributed by atoms with Gasteiger partial charge in [-0.15, -0.1) is 11.8 Å². The van der Waals surface area contributed by atoms with Gasteiger partial charge in [-0.2, -0.15) is 0 Å². The third kappa shape index (κ3) is 3.99. The van der Waals surface area contributed by atoms with E-state index < -0.39 is 23.5 Å². The number of ether oxygens (including phenoxy) is 1. The van der Waals surface area contributed by atoms with Crippen LogP contribution in [0.5, 0.6) is 0 Å². The van der Waals surface area contributed by atoms with Gasteiger partial charge in [0.25, 0.3) is 0 Å². The number of thioether (sulfide) groups is 1. The van der Waals surface area contributed by atoms with Gasteiger partial charge in [-0.05, 0) is 45.3 Å². The minimum atomic E-state index is -1.20. The molecule has 3 atom stereocenters. The summed E-state index contributed by atoms with van der Waals surface area (Å²) in [5.74, 6) is -1.40. The number of β-lactam (4-membered cyclic amide) rings is 1. The van der Waals surface area contributed by atoms with Crippen LogP contribution in [0, 0.1) is 0 Å². The van der Waals surface area contributed by atoms with Crippen LogP contribution in [-0.4, -0.2) is 92.1 Å². The van der Waals surface area contributed by atoms with Gasteiger partial charge in [0.15, 0.2) is 0 Å². The zero-order chi connectivity index (χ0) is 23.4. The van der Waals surface area contributed by atoms with Gasteiger partial charge in [-0.1, -0.05) is 0 Å². The number of nitrogens with two attached hydrogens (primary N) is 1. The molecule has 3 fully saturated rings. The Balaban J connectivity index is 1.47. The number of amides is 3. The molecule has 0 aliphatic carbocycles. The third-order valence-electron chi connectivity index (χ3n) is 6.00. The second-order valence-electron chi connectivity index (χ2n) is 9.40. The van der Waals surface area contributed by atoms with Gasteiger partial charge in [0.2, 0.25) is 11.8 Å². The first-order valence-corrected chi connectivity index (χ1v) is 11.7. The minimum absolute atomic E-state index is 0.0869. The molecule has 0 aromatic heterocycles. The Morgan fingerprint density at radius 2 is 1.97 bits per heavy atom. The van der Waals surface area contributed by atoms with Gasteiger partial charge in [0.05, 0.1) is 6.04 Å². The van der Waals surface area contributed by atoms with Crippen molar-refractivity contribution in [3.63, 3.8) is 0 Å². The Hall–Kier alpha value is -2.53. The van der Waals surface area contributed by atoms with Crippen molar-refractivity contribution in [1.29, 1.82) is 0 Å². The molecule has 32 heavy (non-hydrogen) atoms. The van der Waals surface area contributed by atoms with Crippen LogP contribution in [-0.2, 0) is 19.1 Å². The Morgan fingerprint density at radius 1 is 1.25 bits per heavy atom. The quantitative estimate of drug-likeness (QED) is 0.461. The number of hydrogen-bond acceptors (Lipinski definition) is 7. The predicted molar refractivity (Wildman–Crippen MR) is 116 cm³/mol. The van der Waals surface area contributed by atoms with E-state index in [0.29, 0.717) is 49.4 Å². The number of carboxylic acids is 1. The Kier molecular flexibility index (Phi) is 5.74. The lowest BCUT2D eigenvalue weighted by molar-refractivity contribution is -0.147. The molecule has 3 N–H and O–H groups in total. The van der Waals surface area contributed by atoms with Crippen LogP contribution in [0.4, 0.5) is 4.79 Å². The van der Waals surface area contributed by atoms with E-state index in [9.17, 15) is 24.3 Å². The fourth-order valence-electron chi connectivity index (χ4n) is 4.47. The fourth-order valence-corrected chi connectivity index (χ4v) is 5.72. The number of aliphatic carboxylic acids is 1. The lowest BCUT2D eigenvalue weighted by atomic mass is 10.0. The summed E-state index contributed by atoms with van der Waals surface area (Å²) in [5.41, 5.74) is 6.09. The first kappa shape index (κ1) is 22.7. The summed E-state index contributed by atoms with van der Waals surface area (Å²) < 4.78 is 5.42. The van der Waals surface area contributed by atoms with E-state index in [1.165, 1.54) is 16.7 Å². The van der Waals surface area contributed by atoms with Crippen LogP contribution in [0.25, 0.3) is 0 Å². The van der Waals surface area contributed by atoms with E-state index in [-0.39, 0.29) is 29.1 Å². The topological polar surface area (TPSA) is 133 Å². The number of carbonyl (C=O) groups is 4. The molecule has 0 unspecified atom stereocenters. The number of fused-ring (bicyclic) bond motifs is 1. The second kappa shape index (κ2) is 8.11. The summed E-state index contributed by atoms with van der Waals surface area (Å²) >= 11 is 1.40. The normalized spacial score (nSPS) is 29.6. The van der Waals surface area contributed by atoms with Crippen LogP contribution in [0.3, 0.4) is 0 Å². The highest BCUT2D eigenvalue weighted by Crippen LogP contribution is 2.40. The monoisotopic (exact) mass is 464 g/mol. The van der Waals surface area contributed by atoms with Crippen LogP contribution in [0.1, 0.15) is 33.6 Å². The van der Waals surface area contributed by atoms with Gasteiger partial charge < -0.3 is 25.4 Å². The second-order valence-corrected chi connectivity index (χ2v) is 10.5. The fraction of sp³-hybridized carbons (Fsp3) is 0.619. The molecule has 0 saturated carbocycles. The molecule has 0 aromatic rings. The lowest BCUT2D eigenvalue weighted by Gasteiger charge is -2.47. The summed E-state index contributed by atoms with van der Waals surface area (Å²) in [7, 11) is 0. The van der Waals surface area contributed by atoms with Crippen molar-refractivity contribution in [2.24, 2.45) is 5.73 Å². The number of nitrogens with zero attached hydrogens (tertiary/aromatic N) is 3. The van der Waals surface area contributed by atoms with Crippen molar-refractivity contribution >= 4 is 35.6 Å². The molecule has 0 radical (unpaired) electrons. The predicted octanol–water partition coefficient (Wildman–Crippen LogP) is 0.736. The average molecular weight is 465 g/mol. The summed E-state index contributed by atoms with van der Waals surface area (Å²) in [4.78, 5) is 54.0. The number of rotatable bonds is 3. The van der Waals surface area contributed by atoms with Crippen molar-refractivity contribution in [2.75, 3.05) is 25.4 Å². The molecular weight excluding hydrogens is 436 g/mol. The van der Waals surface area contributed by atoms with Gasteiger partial charge in [-0.3, -0.25) is 14.5 Å². The molecule has 3 amide bonds. The molecule has 0 spiro atoms. The Bertz CT molecular complexity index is 939. The average Bonchev–Trinajstić information content (AvgIpc) is 3.33. The molecule has 11 heteroatoms. The maximum Gasteiger partial charge on any atom is 0.410 e. The number of likely N-dealkylation sites (tertiary alicyclic amines) is 2. The van der Waals surface area contributed by atoms with Crippen LogP contribution < -0.4 is 5.73 Å². The molecule has 0 aromatic carbocycles. The van der Waals surface area contributed by atoms with E-state index in [0.717, 1.165) is 0 Å². The van der Waals surface area contributed by atoms with Crippen LogP contribution in [0.2, 0.25) is 0 Å². The van der Waals surface area contributed by atoms with Gasteiger partial charge in [-0.25, -0.2) is 9.59 Å². The number of carboxylic acid groups (broad SMARTS) is 1. The standard InChI is InChI=1S/C21H28N4O6S/c1-21(2,3)31-20(30)23-6-5-13(9-23)24-7-4-11(16(24)26)8-12-10-32-18-14(22)17(27)25(18)15(12)19(28)29/h8,13-14,18H,4-7,9-10,22H2,1-3H3,(H,28,29)/t13-,14-,18-/m1/s1. The lowest BCUT2D eigenvalue weighted by Crippen LogP contribution is -2.68. The summed E-state index contributed by atoms with van der Waals surface area (Å²) in [5, 5.41) is 9.31.